The lowest BCUT2D eigenvalue weighted by atomic mass is 10.3. The van der Waals surface area contributed by atoms with Gasteiger partial charge < -0.3 is 0 Å². The van der Waals surface area contributed by atoms with Crippen molar-refractivity contribution in [1.29, 1.82) is 5.53 Å². The molecule has 0 spiro atoms. The standard InChI is InChI=1S/C4H9N3/c1-4(2)3-6-7-5/h3-5H,1-2H3/b6-3-,7-5?. The average Bonchev–Trinajstić information content (AvgIpc) is 1.61. The molecule has 0 saturated carbocycles. The lowest BCUT2D eigenvalue weighted by Crippen LogP contribution is -1.83. The Bertz CT molecular complexity index is 75.0. The van der Waals surface area contributed by atoms with Crippen LogP contribution in [-0.4, -0.2) is 6.21 Å². The van der Waals surface area contributed by atoms with Gasteiger partial charge in [-0.25, -0.2) is 0 Å². The summed E-state index contributed by atoms with van der Waals surface area (Å²) in [7, 11) is 0. The van der Waals surface area contributed by atoms with Crippen molar-refractivity contribution in [3.05, 3.63) is 0 Å². The van der Waals surface area contributed by atoms with E-state index in [2.05, 4.69) is 10.3 Å². The predicted molar refractivity (Wildman–Crippen MR) is 28.5 cm³/mol. The Kier molecular flexibility index (Phi) is 3.10. The van der Waals surface area contributed by atoms with Gasteiger partial charge in [-0.3, -0.25) is 0 Å². The Morgan fingerprint density at radius 1 is 1.57 bits per heavy atom. The fourth-order valence-corrected chi connectivity index (χ4v) is 0.167. The van der Waals surface area contributed by atoms with Gasteiger partial charge >= 0.3 is 0 Å². The molecule has 7 heavy (non-hydrogen) atoms. The van der Waals surface area contributed by atoms with Gasteiger partial charge in [0, 0.05) is 6.21 Å². The normalized spacial score (nSPS) is 10.7. The maximum atomic E-state index is 6.22. The van der Waals surface area contributed by atoms with Crippen LogP contribution >= 0.6 is 0 Å². The van der Waals surface area contributed by atoms with E-state index in [1.54, 1.807) is 6.21 Å². The summed E-state index contributed by atoms with van der Waals surface area (Å²) in [4.78, 5) is 0. The van der Waals surface area contributed by atoms with Crippen molar-refractivity contribution in [3.63, 3.8) is 0 Å². The molecule has 1 N–H and O–H groups in total. The fraction of sp³-hybridized carbons (Fsp3) is 0.750. The summed E-state index contributed by atoms with van der Waals surface area (Å²) in [5, 5.41) is 6.13. The second kappa shape index (κ2) is 3.46. The van der Waals surface area contributed by atoms with Crippen molar-refractivity contribution >= 4 is 6.21 Å². The minimum absolute atomic E-state index is 0.397. The van der Waals surface area contributed by atoms with Gasteiger partial charge in [-0.15, -0.1) is 5.10 Å². The van der Waals surface area contributed by atoms with Gasteiger partial charge in [0.25, 0.3) is 0 Å². The van der Waals surface area contributed by atoms with Crippen molar-refractivity contribution < 1.29 is 0 Å². The van der Waals surface area contributed by atoms with Gasteiger partial charge in [0.2, 0.25) is 0 Å². The third kappa shape index (κ3) is 5.27. The third-order valence-electron chi connectivity index (χ3n) is 0.423. The second-order valence-corrected chi connectivity index (χ2v) is 1.61. The average molecular weight is 99.1 g/mol. The van der Waals surface area contributed by atoms with Gasteiger partial charge in [0.15, 0.2) is 0 Å². The summed E-state index contributed by atoms with van der Waals surface area (Å²) in [6.07, 6.45) is 1.62. The van der Waals surface area contributed by atoms with E-state index in [0.717, 1.165) is 0 Å². The molecule has 3 heteroatoms. The van der Waals surface area contributed by atoms with Gasteiger partial charge in [-0.1, -0.05) is 19.1 Å². The molecule has 0 rings (SSSR count). The zero-order chi connectivity index (χ0) is 5.70. The summed E-state index contributed by atoms with van der Waals surface area (Å²) in [6.45, 7) is 3.96. The molecule has 0 radical (unpaired) electrons. The van der Waals surface area contributed by atoms with Crippen molar-refractivity contribution in [3.8, 4) is 0 Å². The highest BCUT2D eigenvalue weighted by Crippen LogP contribution is 1.83. The van der Waals surface area contributed by atoms with Gasteiger partial charge in [-0.05, 0) is 5.92 Å². The molecule has 0 saturated heterocycles. The van der Waals surface area contributed by atoms with Crippen LogP contribution in [0.15, 0.2) is 10.3 Å². The summed E-state index contributed by atoms with van der Waals surface area (Å²) >= 11 is 0. The molecule has 0 heterocycles. The predicted octanol–water partition coefficient (Wildman–Crippen LogP) is 1.66. The molecule has 0 unspecified atom stereocenters. The zero-order valence-electron chi connectivity index (χ0n) is 4.55. The van der Waals surface area contributed by atoms with Gasteiger partial charge in [-0.2, -0.15) is 5.53 Å². The van der Waals surface area contributed by atoms with E-state index >= 15 is 0 Å². The first kappa shape index (κ1) is 6.27. The Labute approximate surface area is 42.9 Å². The maximum absolute atomic E-state index is 6.22. The summed E-state index contributed by atoms with van der Waals surface area (Å²) < 4.78 is 0. The van der Waals surface area contributed by atoms with Crippen LogP contribution in [0.5, 0.6) is 0 Å². The van der Waals surface area contributed by atoms with Crippen LogP contribution in [0.4, 0.5) is 0 Å². The third-order valence-corrected chi connectivity index (χ3v) is 0.423. The van der Waals surface area contributed by atoms with Crippen LogP contribution < -0.4 is 0 Å². The summed E-state index contributed by atoms with van der Waals surface area (Å²) in [6, 6.07) is 0. The van der Waals surface area contributed by atoms with E-state index in [-0.39, 0.29) is 0 Å². The van der Waals surface area contributed by atoms with Crippen LogP contribution in [0.1, 0.15) is 13.8 Å². The van der Waals surface area contributed by atoms with E-state index < -0.39 is 0 Å². The van der Waals surface area contributed by atoms with Gasteiger partial charge in [0.1, 0.15) is 0 Å². The second-order valence-electron chi connectivity index (χ2n) is 1.61. The van der Waals surface area contributed by atoms with Crippen LogP contribution in [0.25, 0.3) is 0 Å². The highest BCUT2D eigenvalue weighted by molar-refractivity contribution is 5.58. The molecular formula is C4H9N3. The molecule has 0 fully saturated rings. The molecule has 0 aromatic heterocycles. The first-order valence-corrected chi connectivity index (χ1v) is 2.17. The molecular weight excluding hydrogens is 90.1 g/mol. The zero-order valence-corrected chi connectivity index (χ0v) is 4.55. The van der Waals surface area contributed by atoms with E-state index in [9.17, 15) is 0 Å². The van der Waals surface area contributed by atoms with Crippen LogP contribution in [0.2, 0.25) is 0 Å². The molecule has 0 aromatic carbocycles. The molecule has 40 valence electrons. The quantitative estimate of drug-likeness (QED) is 0.311. The van der Waals surface area contributed by atoms with E-state index in [1.165, 1.54) is 0 Å². The van der Waals surface area contributed by atoms with E-state index in [0.29, 0.717) is 5.92 Å². The Morgan fingerprint density at radius 2 is 2.14 bits per heavy atom. The molecule has 3 nitrogen and oxygen atoms in total. The largest absolute Gasteiger partial charge is 0.185 e. The van der Waals surface area contributed by atoms with Crippen molar-refractivity contribution in [2.75, 3.05) is 0 Å². The molecule has 0 aliphatic rings. The van der Waals surface area contributed by atoms with Crippen LogP contribution in [-0.2, 0) is 0 Å². The monoisotopic (exact) mass is 99.1 g/mol. The molecule has 0 bridgehead atoms. The minimum atomic E-state index is 0.397. The number of hydrogen-bond acceptors (Lipinski definition) is 2. The summed E-state index contributed by atoms with van der Waals surface area (Å²) in [5.74, 6) is 0.397. The number of rotatable bonds is 2. The minimum Gasteiger partial charge on any atom is -0.185 e. The van der Waals surface area contributed by atoms with Crippen molar-refractivity contribution in [2.45, 2.75) is 13.8 Å². The fourth-order valence-electron chi connectivity index (χ4n) is 0.167. The topological polar surface area (TPSA) is 48.6 Å². The first-order valence-electron chi connectivity index (χ1n) is 2.17. The SMILES string of the molecule is CC(C)/C=N\N=N. The molecule has 0 amide bonds. The highest BCUT2D eigenvalue weighted by Gasteiger charge is 1.80. The number of nitrogens with zero attached hydrogens (tertiary/aromatic N) is 2. The molecule has 0 aromatic rings. The Hall–Kier alpha value is -0.730. The number of hydrogen-bond donors (Lipinski definition) is 1. The van der Waals surface area contributed by atoms with Gasteiger partial charge in [0.05, 0.1) is 0 Å². The molecule has 0 atom stereocenters. The Morgan fingerprint density at radius 3 is 2.29 bits per heavy atom. The lowest BCUT2D eigenvalue weighted by Gasteiger charge is -1.84. The maximum Gasteiger partial charge on any atom is 0.0313 e. The molecule has 0 aliphatic carbocycles. The smallest absolute Gasteiger partial charge is 0.0313 e. The van der Waals surface area contributed by atoms with E-state index in [4.69, 9.17) is 5.53 Å². The number of nitrogens with one attached hydrogen (secondary N) is 1. The summed E-state index contributed by atoms with van der Waals surface area (Å²) in [5.41, 5.74) is 6.22. The molecule has 0 aliphatic heterocycles. The van der Waals surface area contributed by atoms with Crippen molar-refractivity contribution in [1.82, 2.24) is 0 Å². The highest BCUT2D eigenvalue weighted by atomic mass is 15.3. The van der Waals surface area contributed by atoms with Crippen LogP contribution in [0, 0.1) is 11.4 Å². The Balaban J connectivity index is 3.25. The van der Waals surface area contributed by atoms with Crippen LogP contribution in [0.3, 0.4) is 0 Å². The first-order chi connectivity index (χ1) is 3.27. The van der Waals surface area contributed by atoms with E-state index in [1.807, 2.05) is 13.8 Å². The van der Waals surface area contributed by atoms with Crippen molar-refractivity contribution in [2.24, 2.45) is 16.2 Å². The lowest BCUT2D eigenvalue weighted by molar-refractivity contribution is 0.883.